The third kappa shape index (κ3) is 81.1. The Hall–Kier alpha value is -0.161. The first kappa shape index (κ1) is 109. The Morgan fingerprint density at radius 3 is 0.500 bits per heavy atom. The van der Waals surface area contributed by atoms with Crippen LogP contribution in [0.25, 0.3) is 5.41 Å². The van der Waals surface area contributed by atoms with Crippen molar-refractivity contribution in [2.24, 2.45) is 0 Å². The fraction of sp³-hybridized carbons (Fsp3) is 0.903. The first-order valence-electron chi connectivity index (χ1n) is 34.6. The zero-order chi connectivity index (χ0) is 77.3. The van der Waals surface area contributed by atoms with E-state index in [1.807, 2.05) is 267 Å². The van der Waals surface area contributed by atoms with Gasteiger partial charge in [-0.1, -0.05) is 89.3 Å². The molecular formula is C72H152N2O17Si4U. The van der Waals surface area contributed by atoms with E-state index in [1.54, 1.807) is 0 Å². The molecule has 0 aliphatic heterocycles. The molecule has 0 aromatic heterocycles. The third-order valence-corrected chi connectivity index (χ3v) is 20.4. The van der Waals surface area contributed by atoms with Gasteiger partial charge in [0.15, 0.2) is 0 Å². The van der Waals surface area contributed by atoms with Crippen LogP contribution in [0.2, 0.25) is 0 Å². The van der Waals surface area contributed by atoms with Gasteiger partial charge in [-0.15, -0.1) is 0 Å². The second-order valence-corrected chi connectivity index (χ2v) is 42.4. The maximum atomic E-state index is 12.6. The summed E-state index contributed by atoms with van der Waals surface area (Å²) in [6.07, 6.45) is 11.6. The molecule has 0 aliphatic carbocycles. The molecular weight excluding hydrogens is 1520 g/mol. The van der Waals surface area contributed by atoms with Gasteiger partial charge in [0, 0.05) is 0 Å². The Kier molecular flexibility index (Phi) is 52.3. The molecule has 1 aromatic rings. The van der Waals surface area contributed by atoms with Crippen molar-refractivity contribution in [1.29, 1.82) is 0 Å². The molecule has 572 valence electrons. The maximum absolute atomic E-state index is 12.6. The fourth-order valence-electron chi connectivity index (χ4n) is 7.93. The molecule has 0 aliphatic rings. The monoisotopic (exact) mass is 1670 g/mol. The van der Waals surface area contributed by atoms with Gasteiger partial charge < -0.3 is 82.2 Å². The molecule has 0 spiro atoms. The molecule has 0 amide bonds. The molecule has 0 unspecified atom stereocenters. The van der Waals surface area contributed by atoms with Gasteiger partial charge in [-0.2, -0.15) is 0 Å². The number of quaternary nitrogens is 1. The van der Waals surface area contributed by atoms with Crippen molar-refractivity contribution >= 4 is 42.3 Å². The van der Waals surface area contributed by atoms with E-state index in [4.69, 9.17) is 63.3 Å². The Bertz CT molecular complexity index is 1710. The summed E-state index contributed by atoms with van der Waals surface area (Å²) in [4.78, 5) is 58.7. The van der Waals surface area contributed by atoms with E-state index in [1.165, 1.54) is 87.6 Å². The summed E-state index contributed by atoms with van der Waals surface area (Å²) in [7, 11) is -15.6. The second-order valence-electron chi connectivity index (χ2n) is 36.0. The average Bonchev–Trinajstić information content (AvgIpc) is 0.848. The summed E-state index contributed by atoms with van der Waals surface area (Å²) in [5.41, 5.74) is -5.62. The summed E-state index contributed by atoms with van der Waals surface area (Å²) < 4.78 is 67.6. The number of hydrogen-bond acceptors (Lipinski definition) is 17. The van der Waals surface area contributed by atoms with Gasteiger partial charge >= 0.3 is 67.3 Å². The van der Waals surface area contributed by atoms with E-state index in [-0.39, 0.29) is 31.1 Å². The van der Waals surface area contributed by atoms with E-state index >= 15 is 0 Å². The number of carbonyl (C=O) groups excluding carboxylic acids is 1. The van der Waals surface area contributed by atoms with Crippen LogP contribution < -0.4 is 19.2 Å². The zero-order valence-electron chi connectivity index (χ0n) is 69.7. The molecule has 24 heteroatoms. The van der Waals surface area contributed by atoms with Crippen LogP contribution >= 0.6 is 0 Å². The molecule has 0 heterocycles. The summed E-state index contributed by atoms with van der Waals surface area (Å²) >= 11 is 0. The summed E-state index contributed by atoms with van der Waals surface area (Å²) in [6.45, 7) is 82.8. The van der Waals surface area contributed by atoms with Gasteiger partial charge in [0.25, 0.3) is 0 Å². The van der Waals surface area contributed by atoms with Crippen LogP contribution in [0.5, 0.6) is 0 Å². The quantitative estimate of drug-likeness (QED) is 0.0404. The molecule has 0 N–H and O–H groups in total. The van der Waals surface area contributed by atoms with Gasteiger partial charge in [-0.05, 0) is 288 Å². The molecule has 0 bridgehead atoms. The molecule has 0 fully saturated rings. The summed E-state index contributed by atoms with van der Waals surface area (Å²) in [5.74, 6) is 0. The summed E-state index contributed by atoms with van der Waals surface area (Å²) in [6, 6.07) is 10.3. The molecule has 96 heavy (non-hydrogen) atoms. The SMILES string of the molecule is CC(C)(C)O[Si]([O-])(OC(C)(C)C)OC(C)(C)C.CC(C)(C)O[Si]([O-])(OC(C)(C)C)OC(C)(C)C.CC(C)(C)O[Si]([O-])(OC(C)(C)C)OC(C)(C)C.CC(C)(C)O[Si]([O-])(OC(C)(C)C)OC(C)(C)C.CCCC[N+](CCCC)(CCCC)CCCC.Cc1ccccc1.[N-]=C=O.[U+4]. The Morgan fingerprint density at radius 2 is 0.427 bits per heavy atom. The number of nitrogens with zero attached hydrogens (tertiary/aromatic N) is 2. The van der Waals surface area contributed by atoms with Crippen molar-refractivity contribution in [2.45, 2.75) is 402 Å². The second kappa shape index (κ2) is 45.9. The van der Waals surface area contributed by atoms with E-state index in [0.29, 0.717) is 6.08 Å². The number of hydrogen-bond donors (Lipinski definition) is 0. The molecule has 0 saturated carbocycles. The van der Waals surface area contributed by atoms with Crippen LogP contribution in [0, 0.1) is 38.0 Å². The van der Waals surface area contributed by atoms with Crippen molar-refractivity contribution in [1.82, 2.24) is 0 Å². The minimum absolute atomic E-state index is 0. The van der Waals surface area contributed by atoms with Crippen LogP contribution in [-0.2, 0) is 57.9 Å². The third-order valence-electron chi connectivity index (χ3n) is 10.1. The minimum Gasteiger partial charge on any atom is -0.793 e. The smallest absolute Gasteiger partial charge is 0.793 e. The normalized spacial score (nSPS) is 13.6. The Morgan fingerprint density at radius 1 is 0.312 bits per heavy atom. The van der Waals surface area contributed by atoms with Crippen LogP contribution in [0.15, 0.2) is 30.3 Å². The number of unbranched alkanes of at least 4 members (excludes halogenated alkanes) is 4. The zero-order valence-corrected chi connectivity index (χ0v) is 77.9. The predicted molar refractivity (Wildman–Crippen MR) is 393 cm³/mol. The molecule has 19 nitrogen and oxygen atoms in total. The number of aryl methyl sites for hydroxylation is 1. The van der Waals surface area contributed by atoms with Crippen LogP contribution in [0.1, 0.15) is 334 Å². The first-order valence-corrected chi connectivity index (χ1v) is 41.2. The van der Waals surface area contributed by atoms with Crippen LogP contribution in [-0.4, -0.2) is 140 Å². The number of isocyanates is 1. The predicted octanol–water partition coefficient (Wildman–Crippen LogP) is 15.8. The van der Waals surface area contributed by atoms with Crippen LogP contribution in [0.3, 0.4) is 0 Å². The molecule has 0 radical (unpaired) electrons. The van der Waals surface area contributed by atoms with Gasteiger partial charge in [-0.3, -0.25) is 4.79 Å². The summed E-state index contributed by atoms with van der Waals surface area (Å²) in [5, 5.41) is 6.76. The molecule has 1 rings (SSSR count). The molecule has 0 atom stereocenters. The first-order chi connectivity index (χ1) is 41.5. The van der Waals surface area contributed by atoms with Crippen molar-refractivity contribution in [3.05, 3.63) is 41.3 Å². The van der Waals surface area contributed by atoms with Crippen molar-refractivity contribution in [2.75, 3.05) is 26.2 Å². The number of rotatable bonds is 24. The fourth-order valence-corrected chi connectivity index (χ4v) is 17.4. The molecule has 1 aromatic carbocycles. The topological polar surface area (TPSA) is 242 Å². The molecule has 0 saturated heterocycles. The van der Waals surface area contributed by atoms with Gasteiger partial charge in [0.05, 0.1) is 93.4 Å². The Labute approximate surface area is 620 Å². The van der Waals surface area contributed by atoms with Crippen molar-refractivity contribution in [3.63, 3.8) is 0 Å². The largest absolute Gasteiger partial charge is 4.00 e. The average molecular weight is 1670 g/mol. The van der Waals surface area contributed by atoms with Crippen LogP contribution in [0.4, 0.5) is 0 Å². The van der Waals surface area contributed by atoms with Gasteiger partial charge in [-0.25, -0.2) is 0 Å². The Balaban J connectivity index is -0.000000198. The van der Waals surface area contributed by atoms with E-state index in [9.17, 15) is 19.2 Å². The van der Waals surface area contributed by atoms with E-state index in [2.05, 4.69) is 46.8 Å². The van der Waals surface area contributed by atoms with E-state index in [0.717, 1.165) is 0 Å². The minimum atomic E-state index is -3.91. The van der Waals surface area contributed by atoms with Gasteiger partial charge in [0.2, 0.25) is 0 Å². The maximum Gasteiger partial charge on any atom is 4.00 e. The number of benzene rings is 1. The van der Waals surface area contributed by atoms with Gasteiger partial charge in [0.1, 0.15) is 0 Å². The standard InChI is InChI=1S/C16H36N.4C12H27O4Si.C7H8.CNO.U/c1-5-9-13-17(14-10-6-2,15-11-7-3)16-12-8-4;4*1-10(2,3)14-17(13,15-11(4,5)6)16-12(7,8)9;1-7-5-3-2-4-6-7;2-1-3;/h5-16H2,1-4H3;4*1-9H3;2-6H,1H3;;/q+1;4*-1;;-1;+4. The van der Waals surface area contributed by atoms with E-state index < -0.39 is 103 Å². The van der Waals surface area contributed by atoms with Crippen molar-refractivity contribution in [3.8, 4) is 0 Å². The van der Waals surface area contributed by atoms with Crippen molar-refractivity contribution < 1.29 is 113 Å².